The van der Waals surface area contributed by atoms with E-state index in [4.69, 9.17) is 5.73 Å². The maximum atomic E-state index is 11.3. The molecule has 0 radical (unpaired) electrons. The standard InChI is InChI=1S/C11H14N2O2/c1-8(14)5-11(15)13-10-4-2-3-9(6-10)7-12/h2-4,6H,5,7,12H2,1H3,(H,13,15). The van der Waals surface area contributed by atoms with Crippen LogP contribution in [0.25, 0.3) is 0 Å². The molecule has 4 nitrogen and oxygen atoms in total. The third kappa shape index (κ3) is 3.91. The first-order chi connectivity index (χ1) is 7.11. The van der Waals surface area contributed by atoms with Gasteiger partial charge in [-0.3, -0.25) is 9.59 Å². The Morgan fingerprint density at radius 1 is 1.40 bits per heavy atom. The summed E-state index contributed by atoms with van der Waals surface area (Å²) in [6.07, 6.45) is -0.0904. The molecule has 1 aromatic rings. The Bertz CT molecular complexity index is 375. The number of hydrogen-bond acceptors (Lipinski definition) is 3. The van der Waals surface area contributed by atoms with Gasteiger partial charge in [0.05, 0.1) is 6.42 Å². The normalized spacial score (nSPS) is 9.73. The highest BCUT2D eigenvalue weighted by molar-refractivity contribution is 6.03. The Hall–Kier alpha value is -1.68. The molecule has 15 heavy (non-hydrogen) atoms. The number of ketones is 1. The average Bonchev–Trinajstić information content (AvgIpc) is 2.16. The number of nitrogens with two attached hydrogens (primary N) is 1. The number of Topliss-reactive ketones (excluding diaryl/α,β-unsaturated/α-hetero) is 1. The molecular formula is C11H14N2O2. The molecule has 0 spiro atoms. The molecule has 1 aromatic carbocycles. The van der Waals surface area contributed by atoms with Crippen molar-refractivity contribution in [3.63, 3.8) is 0 Å². The third-order valence-electron chi connectivity index (χ3n) is 1.86. The number of hydrogen-bond donors (Lipinski definition) is 2. The van der Waals surface area contributed by atoms with Gasteiger partial charge in [0.1, 0.15) is 5.78 Å². The summed E-state index contributed by atoms with van der Waals surface area (Å²) < 4.78 is 0. The van der Waals surface area contributed by atoms with Crippen LogP contribution in [0.5, 0.6) is 0 Å². The highest BCUT2D eigenvalue weighted by Crippen LogP contribution is 2.10. The number of rotatable bonds is 4. The molecule has 0 fully saturated rings. The van der Waals surface area contributed by atoms with Crippen LogP contribution in [-0.2, 0) is 16.1 Å². The fourth-order valence-corrected chi connectivity index (χ4v) is 1.21. The molecule has 0 unspecified atom stereocenters. The molecule has 0 aromatic heterocycles. The third-order valence-corrected chi connectivity index (χ3v) is 1.86. The van der Waals surface area contributed by atoms with E-state index in [9.17, 15) is 9.59 Å². The Morgan fingerprint density at radius 3 is 2.73 bits per heavy atom. The highest BCUT2D eigenvalue weighted by Gasteiger charge is 2.05. The molecule has 80 valence electrons. The molecule has 0 atom stereocenters. The van der Waals surface area contributed by atoms with Gasteiger partial charge in [-0.25, -0.2) is 0 Å². The summed E-state index contributed by atoms with van der Waals surface area (Å²) in [5.74, 6) is -0.445. The van der Waals surface area contributed by atoms with E-state index in [1.54, 1.807) is 12.1 Å². The SMILES string of the molecule is CC(=O)CC(=O)Nc1cccc(CN)c1. The first-order valence-electron chi connectivity index (χ1n) is 4.70. The van der Waals surface area contributed by atoms with E-state index in [2.05, 4.69) is 5.32 Å². The predicted octanol–water partition coefficient (Wildman–Crippen LogP) is 1.06. The van der Waals surface area contributed by atoms with E-state index in [0.29, 0.717) is 12.2 Å². The second kappa shape index (κ2) is 5.26. The smallest absolute Gasteiger partial charge is 0.231 e. The molecule has 4 heteroatoms. The van der Waals surface area contributed by atoms with Crippen molar-refractivity contribution in [1.29, 1.82) is 0 Å². The Morgan fingerprint density at radius 2 is 2.13 bits per heavy atom. The first-order valence-corrected chi connectivity index (χ1v) is 4.70. The van der Waals surface area contributed by atoms with E-state index in [0.717, 1.165) is 5.56 Å². The van der Waals surface area contributed by atoms with E-state index in [1.165, 1.54) is 6.92 Å². The molecule has 0 heterocycles. The van der Waals surface area contributed by atoms with Gasteiger partial charge in [0.15, 0.2) is 0 Å². The summed E-state index contributed by atoms with van der Waals surface area (Å²) in [4.78, 5) is 21.9. The minimum atomic E-state index is -0.295. The topological polar surface area (TPSA) is 72.2 Å². The summed E-state index contributed by atoms with van der Waals surface area (Å²) in [5, 5.41) is 2.63. The molecule has 0 aliphatic heterocycles. The number of carbonyl (C=O) groups is 2. The molecule has 0 aliphatic carbocycles. The predicted molar refractivity (Wildman–Crippen MR) is 58.3 cm³/mol. The van der Waals surface area contributed by atoms with Crippen LogP contribution >= 0.6 is 0 Å². The minimum Gasteiger partial charge on any atom is -0.326 e. The molecule has 0 aliphatic rings. The van der Waals surface area contributed by atoms with Gasteiger partial charge in [-0.1, -0.05) is 12.1 Å². The fourth-order valence-electron chi connectivity index (χ4n) is 1.21. The summed E-state index contributed by atoms with van der Waals surface area (Å²) in [6.45, 7) is 1.81. The number of anilines is 1. The van der Waals surface area contributed by atoms with Gasteiger partial charge < -0.3 is 11.1 Å². The van der Waals surface area contributed by atoms with Gasteiger partial charge in [-0.2, -0.15) is 0 Å². The van der Waals surface area contributed by atoms with Crippen LogP contribution in [-0.4, -0.2) is 11.7 Å². The van der Waals surface area contributed by atoms with Gasteiger partial charge in [0.2, 0.25) is 5.91 Å². The van der Waals surface area contributed by atoms with Crippen molar-refractivity contribution < 1.29 is 9.59 Å². The summed E-state index contributed by atoms with van der Waals surface area (Å²) in [7, 11) is 0. The van der Waals surface area contributed by atoms with Crippen molar-refractivity contribution in [2.45, 2.75) is 19.9 Å². The Balaban J connectivity index is 2.63. The second-order valence-corrected chi connectivity index (χ2v) is 3.33. The Labute approximate surface area is 88.5 Å². The summed E-state index contributed by atoms with van der Waals surface area (Å²) in [5.41, 5.74) is 7.07. The van der Waals surface area contributed by atoms with E-state index >= 15 is 0 Å². The Kier molecular flexibility index (Phi) is 4.00. The molecule has 0 saturated carbocycles. The molecular weight excluding hydrogens is 192 g/mol. The number of amides is 1. The van der Waals surface area contributed by atoms with Crippen molar-refractivity contribution in [1.82, 2.24) is 0 Å². The number of nitrogens with one attached hydrogen (secondary N) is 1. The van der Waals surface area contributed by atoms with Gasteiger partial charge >= 0.3 is 0 Å². The molecule has 0 saturated heterocycles. The van der Waals surface area contributed by atoms with E-state index < -0.39 is 0 Å². The minimum absolute atomic E-state index is 0.0904. The van der Waals surface area contributed by atoms with Crippen molar-refractivity contribution >= 4 is 17.4 Å². The van der Waals surface area contributed by atoms with Crippen molar-refractivity contribution in [2.24, 2.45) is 5.73 Å². The van der Waals surface area contributed by atoms with Crippen LogP contribution in [0.1, 0.15) is 18.9 Å². The highest BCUT2D eigenvalue weighted by atomic mass is 16.2. The van der Waals surface area contributed by atoms with E-state index in [-0.39, 0.29) is 18.1 Å². The second-order valence-electron chi connectivity index (χ2n) is 3.33. The number of carbonyl (C=O) groups excluding carboxylic acids is 2. The van der Waals surface area contributed by atoms with Gasteiger partial charge in [-0.15, -0.1) is 0 Å². The molecule has 1 rings (SSSR count). The summed E-state index contributed by atoms with van der Waals surface area (Å²) >= 11 is 0. The van der Waals surface area contributed by atoms with E-state index in [1.807, 2.05) is 12.1 Å². The molecule has 0 bridgehead atoms. The first kappa shape index (κ1) is 11.4. The maximum Gasteiger partial charge on any atom is 0.231 e. The van der Waals surface area contributed by atoms with Crippen molar-refractivity contribution in [2.75, 3.05) is 5.32 Å². The van der Waals surface area contributed by atoms with Crippen molar-refractivity contribution in [3.8, 4) is 0 Å². The quantitative estimate of drug-likeness (QED) is 0.723. The summed E-state index contributed by atoms with van der Waals surface area (Å²) in [6, 6.07) is 7.24. The lowest BCUT2D eigenvalue weighted by Gasteiger charge is -2.05. The fraction of sp³-hybridized carbons (Fsp3) is 0.273. The van der Waals surface area contributed by atoms with Crippen molar-refractivity contribution in [3.05, 3.63) is 29.8 Å². The van der Waals surface area contributed by atoms with Gasteiger partial charge in [0.25, 0.3) is 0 Å². The molecule has 1 amide bonds. The number of benzene rings is 1. The lowest BCUT2D eigenvalue weighted by Crippen LogP contribution is -2.14. The van der Waals surface area contributed by atoms with Crippen LogP contribution in [0.2, 0.25) is 0 Å². The van der Waals surface area contributed by atoms with Crippen LogP contribution in [0.15, 0.2) is 24.3 Å². The van der Waals surface area contributed by atoms with Gasteiger partial charge in [-0.05, 0) is 24.6 Å². The van der Waals surface area contributed by atoms with Crippen LogP contribution in [0.4, 0.5) is 5.69 Å². The van der Waals surface area contributed by atoms with Crippen LogP contribution in [0, 0.1) is 0 Å². The van der Waals surface area contributed by atoms with Gasteiger partial charge in [0, 0.05) is 12.2 Å². The van der Waals surface area contributed by atoms with Crippen LogP contribution in [0.3, 0.4) is 0 Å². The lowest BCUT2D eigenvalue weighted by molar-refractivity contribution is -0.124. The maximum absolute atomic E-state index is 11.3. The largest absolute Gasteiger partial charge is 0.326 e. The zero-order chi connectivity index (χ0) is 11.3. The van der Waals surface area contributed by atoms with Crippen LogP contribution < -0.4 is 11.1 Å². The average molecular weight is 206 g/mol. The monoisotopic (exact) mass is 206 g/mol. The molecule has 3 N–H and O–H groups in total. The zero-order valence-electron chi connectivity index (χ0n) is 8.62. The lowest BCUT2D eigenvalue weighted by atomic mass is 10.2. The zero-order valence-corrected chi connectivity index (χ0v) is 8.62.